The van der Waals surface area contributed by atoms with Crippen molar-refractivity contribution in [3.8, 4) is 0 Å². The van der Waals surface area contributed by atoms with Gasteiger partial charge in [0, 0.05) is 12.2 Å². The summed E-state index contributed by atoms with van der Waals surface area (Å²) in [5.74, 6) is -0.931. The maximum atomic E-state index is 13.5. The van der Waals surface area contributed by atoms with Crippen LogP contribution in [0.5, 0.6) is 0 Å². The van der Waals surface area contributed by atoms with Crippen molar-refractivity contribution in [2.24, 2.45) is 0 Å². The first-order chi connectivity index (χ1) is 11.8. The van der Waals surface area contributed by atoms with Crippen LogP contribution in [-0.4, -0.2) is 12.7 Å². The first kappa shape index (κ1) is 18.1. The zero-order valence-electron chi connectivity index (χ0n) is 12.9. The molecule has 1 heterocycles. The molecule has 0 aromatic heterocycles. The molecule has 0 spiro atoms. The van der Waals surface area contributed by atoms with Crippen molar-refractivity contribution in [2.45, 2.75) is 19.0 Å². The van der Waals surface area contributed by atoms with E-state index in [2.05, 4.69) is 5.32 Å². The van der Waals surface area contributed by atoms with Gasteiger partial charge in [0.1, 0.15) is 0 Å². The van der Waals surface area contributed by atoms with Gasteiger partial charge in [-0.2, -0.15) is 13.2 Å². The van der Waals surface area contributed by atoms with E-state index in [4.69, 9.17) is 23.2 Å². The van der Waals surface area contributed by atoms with E-state index >= 15 is 0 Å². The fourth-order valence-electron chi connectivity index (χ4n) is 2.81. The summed E-state index contributed by atoms with van der Waals surface area (Å²) in [4.78, 5) is 0. The van der Waals surface area contributed by atoms with Crippen LogP contribution < -0.4 is 5.32 Å². The number of allylic oxidation sites excluding steroid dienone is 2. The first-order valence-corrected chi connectivity index (χ1v) is 8.29. The Morgan fingerprint density at radius 1 is 1.12 bits per heavy atom. The molecule has 0 saturated heterocycles. The highest BCUT2D eigenvalue weighted by molar-refractivity contribution is 6.35. The summed E-state index contributed by atoms with van der Waals surface area (Å²) in [5, 5.41) is 2.31. The largest absolute Gasteiger partial charge is 0.416 e. The third kappa shape index (κ3) is 3.93. The van der Waals surface area contributed by atoms with Gasteiger partial charge in [-0.1, -0.05) is 41.4 Å². The zero-order chi connectivity index (χ0) is 18.2. The molecule has 2 aromatic carbocycles. The zero-order valence-corrected chi connectivity index (χ0v) is 14.4. The van der Waals surface area contributed by atoms with Gasteiger partial charge < -0.3 is 5.32 Å². The van der Waals surface area contributed by atoms with Gasteiger partial charge in [0.2, 0.25) is 0 Å². The van der Waals surface area contributed by atoms with Crippen molar-refractivity contribution >= 4 is 34.5 Å². The van der Waals surface area contributed by atoms with E-state index in [0.717, 1.165) is 48.0 Å². The van der Waals surface area contributed by atoms with E-state index in [1.807, 2.05) is 12.1 Å². The van der Waals surface area contributed by atoms with Crippen LogP contribution in [0.3, 0.4) is 0 Å². The van der Waals surface area contributed by atoms with Gasteiger partial charge in [-0.25, -0.2) is 4.39 Å². The summed E-state index contributed by atoms with van der Waals surface area (Å²) in [6, 6.07) is 7.42. The summed E-state index contributed by atoms with van der Waals surface area (Å²) >= 11 is 11.3. The maximum Gasteiger partial charge on any atom is 0.416 e. The Morgan fingerprint density at radius 2 is 1.80 bits per heavy atom. The summed E-state index contributed by atoms with van der Waals surface area (Å²) in [5.41, 5.74) is 1.72. The molecule has 0 bridgehead atoms. The van der Waals surface area contributed by atoms with Gasteiger partial charge in [0.05, 0.1) is 15.6 Å². The molecule has 0 radical (unpaired) electrons. The number of rotatable bonds is 3. The van der Waals surface area contributed by atoms with Gasteiger partial charge in [-0.15, -0.1) is 0 Å². The van der Waals surface area contributed by atoms with Crippen LogP contribution in [0.4, 0.5) is 23.2 Å². The van der Waals surface area contributed by atoms with Crippen molar-refractivity contribution in [2.75, 3.05) is 11.9 Å². The topological polar surface area (TPSA) is 12.0 Å². The SMILES string of the molecule is Fc1c(Cl)cc(C(=CCc2ccc3c(c2)CCN3)C(F)(F)F)cc1Cl. The number of benzene rings is 2. The normalized spacial score (nSPS) is 14.4. The molecule has 1 aliphatic rings. The number of hydrogen-bond donors (Lipinski definition) is 1. The predicted molar refractivity (Wildman–Crippen MR) is 92.8 cm³/mol. The standard InChI is InChI=1S/C18H13Cl2F4N/c19-14-8-12(9-15(20)17(14)21)13(18(22,23)24)3-1-10-2-4-16-11(7-10)5-6-25-16/h2-4,7-9,25H,1,5-6H2. The second-order valence-corrected chi connectivity index (χ2v) is 6.56. The number of nitrogens with one attached hydrogen (secondary N) is 1. The number of fused-ring (bicyclic) bond motifs is 1. The average molecular weight is 390 g/mol. The Morgan fingerprint density at radius 3 is 2.44 bits per heavy atom. The van der Waals surface area contributed by atoms with Gasteiger partial charge in [-0.05, 0) is 47.7 Å². The Kier molecular flexibility index (Phi) is 4.98. The fraction of sp³-hybridized carbons (Fsp3) is 0.222. The van der Waals surface area contributed by atoms with Crippen molar-refractivity contribution in [3.05, 3.63) is 69.0 Å². The van der Waals surface area contributed by atoms with Gasteiger partial charge >= 0.3 is 6.18 Å². The van der Waals surface area contributed by atoms with E-state index in [0.29, 0.717) is 0 Å². The molecule has 1 aliphatic heterocycles. The summed E-state index contributed by atoms with van der Waals surface area (Å²) in [6.45, 7) is 0.828. The fourth-order valence-corrected chi connectivity index (χ4v) is 3.30. The monoisotopic (exact) mass is 389 g/mol. The molecule has 25 heavy (non-hydrogen) atoms. The lowest BCUT2D eigenvalue weighted by Crippen LogP contribution is -2.11. The molecule has 1 N–H and O–H groups in total. The first-order valence-electron chi connectivity index (χ1n) is 7.53. The molecule has 0 fully saturated rings. The molecule has 3 rings (SSSR count). The second-order valence-electron chi connectivity index (χ2n) is 5.74. The molecular formula is C18H13Cl2F4N. The Labute approximate surface area is 152 Å². The predicted octanol–water partition coefficient (Wildman–Crippen LogP) is 6.29. The minimum Gasteiger partial charge on any atom is -0.384 e. The van der Waals surface area contributed by atoms with E-state index < -0.39 is 27.6 Å². The lowest BCUT2D eigenvalue weighted by atomic mass is 10.0. The molecule has 1 nitrogen and oxygen atoms in total. The number of hydrogen-bond acceptors (Lipinski definition) is 1. The number of halogens is 6. The van der Waals surface area contributed by atoms with E-state index in [9.17, 15) is 17.6 Å². The maximum absolute atomic E-state index is 13.5. The molecule has 0 amide bonds. The Hall–Kier alpha value is -1.72. The molecule has 0 atom stereocenters. The van der Waals surface area contributed by atoms with Crippen LogP contribution in [-0.2, 0) is 12.8 Å². The highest BCUT2D eigenvalue weighted by Crippen LogP contribution is 2.37. The van der Waals surface area contributed by atoms with Crippen LogP contribution >= 0.6 is 23.2 Å². The van der Waals surface area contributed by atoms with Gasteiger partial charge in [0.15, 0.2) is 5.82 Å². The third-order valence-corrected chi connectivity index (χ3v) is 4.57. The Balaban J connectivity index is 1.95. The van der Waals surface area contributed by atoms with Gasteiger partial charge in [-0.3, -0.25) is 0 Å². The third-order valence-electron chi connectivity index (χ3n) is 4.02. The molecule has 0 saturated carbocycles. The summed E-state index contributed by atoms with van der Waals surface area (Å²) in [6.07, 6.45) is -2.59. The molecule has 7 heteroatoms. The lowest BCUT2D eigenvalue weighted by Gasteiger charge is -2.14. The molecular weight excluding hydrogens is 377 g/mol. The minimum atomic E-state index is -4.61. The van der Waals surface area contributed by atoms with Crippen LogP contribution in [0, 0.1) is 5.82 Å². The minimum absolute atomic E-state index is 0.0920. The Bertz CT molecular complexity index is 820. The van der Waals surface area contributed by atoms with Crippen molar-refractivity contribution in [1.82, 2.24) is 0 Å². The number of anilines is 1. The van der Waals surface area contributed by atoms with Crippen LogP contribution in [0.2, 0.25) is 10.0 Å². The van der Waals surface area contributed by atoms with E-state index in [1.54, 1.807) is 6.07 Å². The van der Waals surface area contributed by atoms with Crippen LogP contribution in [0.15, 0.2) is 36.4 Å². The number of alkyl halides is 3. The van der Waals surface area contributed by atoms with E-state index in [1.165, 1.54) is 0 Å². The van der Waals surface area contributed by atoms with Crippen molar-refractivity contribution < 1.29 is 17.6 Å². The van der Waals surface area contributed by atoms with E-state index in [-0.39, 0.29) is 12.0 Å². The van der Waals surface area contributed by atoms with Gasteiger partial charge in [0.25, 0.3) is 0 Å². The summed E-state index contributed by atoms with van der Waals surface area (Å²) < 4.78 is 53.8. The van der Waals surface area contributed by atoms with Crippen LogP contribution in [0.1, 0.15) is 16.7 Å². The van der Waals surface area contributed by atoms with Crippen molar-refractivity contribution in [1.29, 1.82) is 0 Å². The van der Waals surface area contributed by atoms with Crippen molar-refractivity contribution in [3.63, 3.8) is 0 Å². The lowest BCUT2D eigenvalue weighted by molar-refractivity contribution is -0.0690. The highest BCUT2D eigenvalue weighted by atomic mass is 35.5. The molecule has 132 valence electrons. The second kappa shape index (κ2) is 6.89. The highest BCUT2D eigenvalue weighted by Gasteiger charge is 2.35. The average Bonchev–Trinajstić information content (AvgIpc) is 2.99. The molecule has 0 unspecified atom stereocenters. The summed E-state index contributed by atoms with van der Waals surface area (Å²) in [7, 11) is 0. The molecule has 2 aromatic rings. The smallest absolute Gasteiger partial charge is 0.384 e. The quantitative estimate of drug-likeness (QED) is 0.480. The van der Waals surface area contributed by atoms with Crippen LogP contribution in [0.25, 0.3) is 5.57 Å². The molecule has 0 aliphatic carbocycles.